The molecular formula is C15H8N6S. The fourth-order valence-electron chi connectivity index (χ4n) is 2.58. The molecule has 0 bridgehead atoms. The number of aromatic nitrogens is 6. The van der Waals surface area contributed by atoms with Crippen molar-refractivity contribution in [3.8, 4) is 5.82 Å². The topological polar surface area (TPSA) is 69.4 Å². The summed E-state index contributed by atoms with van der Waals surface area (Å²) in [5.74, 6) is 0.738. The molecule has 7 heteroatoms. The molecule has 0 radical (unpaired) electrons. The molecule has 4 aromatic heterocycles. The lowest BCUT2D eigenvalue weighted by Crippen LogP contribution is -2.00. The third-order valence-electron chi connectivity index (χ3n) is 3.56. The van der Waals surface area contributed by atoms with E-state index >= 15 is 0 Å². The predicted octanol–water partition coefficient (Wildman–Crippen LogP) is 2.97. The Labute approximate surface area is 128 Å². The van der Waals surface area contributed by atoms with Gasteiger partial charge in [-0.05, 0) is 24.3 Å². The highest BCUT2D eigenvalue weighted by Gasteiger charge is 2.15. The molecule has 4 heterocycles. The summed E-state index contributed by atoms with van der Waals surface area (Å²) < 4.78 is 2.72. The average Bonchev–Trinajstić information content (AvgIpc) is 3.16. The minimum atomic E-state index is 0.738. The maximum Gasteiger partial charge on any atom is 0.177 e. The van der Waals surface area contributed by atoms with Gasteiger partial charge in [-0.15, -0.1) is 16.4 Å². The maximum atomic E-state index is 4.43. The third-order valence-corrected chi connectivity index (χ3v) is 4.66. The normalized spacial score (nSPS) is 11.6. The van der Waals surface area contributed by atoms with Crippen molar-refractivity contribution < 1.29 is 0 Å². The Balaban J connectivity index is 1.92. The van der Waals surface area contributed by atoms with Crippen molar-refractivity contribution in [1.29, 1.82) is 0 Å². The molecule has 5 rings (SSSR count). The van der Waals surface area contributed by atoms with Gasteiger partial charge in [-0.25, -0.2) is 15.0 Å². The molecule has 104 valence electrons. The summed E-state index contributed by atoms with van der Waals surface area (Å²) in [6.07, 6.45) is 3.35. The van der Waals surface area contributed by atoms with E-state index in [0.717, 1.165) is 37.3 Å². The first kappa shape index (κ1) is 11.7. The molecule has 0 aliphatic carbocycles. The quantitative estimate of drug-likeness (QED) is 0.476. The van der Waals surface area contributed by atoms with E-state index in [0.29, 0.717) is 0 Å². The van der Waals surface area contributed by atoms with Crippen LogP contribution >= 0.6 is 11.3 Å². The zero-order valence-corrected chi connectivity index (χ0v) is 12.0. The molecule has 1 aromatic carbocycles. The summed E-state index contributed by atoms with van der Waals surface area (Å²) in [5.41, 5.74) is 2.67. The van der Waals surface area contributed by atoms with Gasteiger partial charge in [0.05, 0.1) is 11.0 Å². The first-order chi connectivity index (χ1) is 10.9. The highest BCUT2D eigenvalue weighted by Crippen LogP contribution is 2.34. The number of hydrogen-bond donors (Lipinski definition) is 0. The zero-order valence-electron chi connectivity index (χ0n) is 11.2. The van der Waals surface area contributed by atoms with Crippen molar-refractivity contribution in [3.05, 3.63) is 48.9 Å². The van der Waals surface area contributed by atoms with Crippen LogP contribution in [0.5, 0.6) is 0 Å². The third kappa shape index (κ3) is 1.51. The molecule has 6 nitrogen and oxygen atoms in total. The number of fused-ring (bicyclic) bond motifs is 4. The molecule has 0 spiro atoms. The summed E-state index contributed by atoms with van der Waals surface area (Å²) in [4.78, 5) is 14.2. The molecule has 0 amide bonds. The molecule has 0 unspecified atom stereocenters. The first-order valence-corrected chi connectivity index (χ1v) is 7.52. The lowest BCUT2D eigenvalue weighted by atomic mass is 10.3. The van der Waals surface area contributed by atoms with Crippen molar-refractivity contribution in [2.75, 3.05) is 0 Å². The van der Waals surface area contributed by atoms with Gasteiger partial charge in [0.2, 0.25) is 0 Å². The lowest BCUT2D eigenvalue weighted by Gasteiger charge is -2.01. The van der Waals surface area contributed by atoms with Crippen LogP contribution in [0.4, 0.5) is 0 Å². The first-order valence-electron chi connectivity index (χ1n) is 6.71. The fourth-order valence-corrected chi connectivity index (χ4v) is 3.65. The number of benzene rings is 1. The molecule has 0 atom stereocenters. The van der Waals surface area contributed by atoms with Gasteiger partial charge >= 0.3 is 0 Å². The number of thiophene rings is 1. The minimum absolute atomic E-state index is 0.738. The minimum Gasteiger partial charge on any atom is -0.245 e. The van der Waals surface area contributed by atoms with Crippen molar-refractivity contribution in [2.45, 2.75) is 0 Å². The Bertz CT molecular complexity index is 1140. The van der Waals surface area contributed by atoms with Gasteiger partial charge in [0.25, 0.3) is 0 Å². The van der Waals surface area contributed by atoms with Crippen molar-refractivity contribution in [1.82, 2.24) is 29.9 Å². The molecule has 0 aliphatic rings. The standard InChI is InChI=1S/C15H8N6S/c1-2-6-11-10(5-1)19-20-21(11)14-13-12(17-8-18-14)9-4-3-7-16-15(9)22-13/h1-8H. The molecule has 0 aliphatic heterocycles. The largest absolute Gasteiger partial charge is 0.245 e. The van der Waals surface area contributed by atoms with Gasteiger partial charge in [0.1, 0.15) is 21.4 Å². The second-order valence-electron chi connectivity index (χ2n) is 4.82. The van der Waals surface area contributed by atoms with Crippen molar-refractivity contribution >= 4 is 42.8 Å². The van der Waals surface area contributed by atoms with Crippen LogP contribution in [0.15, 0.2) is 48.9 Å². The van der Waals surface area contributed by atoms with Gasteiger partial charge in [0.15, 0.2) is 5.82 Å². The Morgan fingerprint density at radius 2 is 1.91 bits per heavy atom. The Morgan fingerprint density at radius 3 is 2.91 bits per heavy atom. The van der Waals surface area contributed by atoms with E-state index in [1.807, 2.05) is 36.4 Å². The van der Waals surface area contributed by atoms with E-state index in [1.165, 1.54) is 0 Å². The van der Waals surface area contributed by atoms with Crippen molar-refractivity contribution in [3.63, 3.8) is 0 Å². The SMILES string of the molecule is c1ccc2c(c1)nnn2-c1ncnc2c1sc1ncccc12. The van der Waals surface area contributed by atoms with E-state index in [4.69, 9.17) is 0 Å². The summed E-state index contributed by atoms with van der Waals surface area (Å²) in [5, 5.41) is 9.48. The average molecular weight is 304 g/mol. The Morgan fingerprint density at radius 1 is 0.955 bits per heavy atom. The smallest absolute Gasteiger partial charge is 0.177 e. The second-order valence-corrected chi connectivity index (χ2v) is 5.82. The van der Waals surface area contributed by atoms with E-state index in [9.17, 15) is 0 Å². The zero-order chi connectivity index (χ0) is 14.5. The van der Waals surface area contributed by atoms with Gasteiger partial charge in [-0.1, -0.05) is 17.3 Å². The van der Waals surface area contributed by atoms with E-state index < -0.39 is 0 Å². The van der Waals surface area contributed by atoms with Gasteiger partial charge in [-0.3, -0.25) is 0 Å². The molecule has 22 heavy (non-hydrogen) atoms. The highest BCUT2D eigenvalue weighted by molar-refractivity contribution is 7.25. The maximum absolute atomic E-state index is 4.43. The molecule has 0 fully saturated rings. The molecular weight excluding hydrogens is 296 g/mol. The number of para-hydroxylation sites is 1. The Kier molecular flexibility index (Phi) is 2.28. The second kappa shape index (κ2) is 4.28. The highest BCUT2D eigenvalue weighted by atomic mass is 32.1. The van der Waals surface area contributed by atoms with Gasteiger partial charge in [0, 0.05) is 11.6 Å². The molecule has 5 aromatic rings. The van der Waals surface area contributed by atoms with E-state index in [-0.39, 0.29) is 0 Å². The van der Waals surface area contributed by atoms with Crippen LogP contribution in [0.25, 0.3) is 37.3 Å². The summed E-state index contributed by atoms with van der Waals surface area (Å²) in [6, 6.07) is 11.8. The summed E-state index contributed by atoms with van der Waals surface area (Å²) in [7, 11) is 0. The van der Waals surface area contributed by atoms with Crippen LogP contribution in [-0.4, -0.2) is 29.9 Å². The van der Waals surface area contributed by atoms with Crippen LogP contribution < -0.4 is 0 Å². The van der Waals surface area contributed by atoms with Crippen LogP contribution in [0.2, 0.25) is 0 Å². The summed E-state index contributed by atoms with van der Waals surface area (Å²) >= 11 is 1.57. The van der Waals surface area contributed by atoms with Crippen LogP contribution in [-0.2, 0) is 0 Å². The van der Waals surface area contributed by atoms with Gasteiger partial charge < -0.3 is 0 Å². The van der Waals surface area contributed by atoms with E-state index in [1.54, 1.807) is 28.5 Å². The molecule has 0 saturated heterocycles. The molecule has 0 N–H and O–H groups in total. The van der Waals surface area contributed by atoms with Gasteiger partial charge in [-0.2, -0.15) is 4.68 Å². The Hall–Kier alpha value is -2.93. The fraction of sp³-hybridized carbons (Fsp3) is 0. The predicted molar refractivity (Wildman–Crippen MR) is 85.1 cm³/mol. The summed E-state index contributed by atoms with van der Waals surface area (Å²) in [6.45, 7) is 0. The van der Waals surface area contributed by atoms with Crippen LogP contribution in [0.1, 0.15) is 0 Å². The lowest BCUT2D eigenvalue weighted by molar-refractivity contribution is 0.806. The number of hydrogen-bond acceptors (Lipinski definition) is 6. The number of nitrogens with zero attached hydrogens (tertiary/aromatic N) is 6. The number of rotatable bonds is 1. The number of pyridine rings is 1. The van der Waals surface area contributed by atoms with E-state index in [2.05, 4.69) is 25.3 Å². The van der Waals surface area contributed by atoms with Crippen molar-refractivity contribution in [2.24, 2.45) is 0 Å². The van der Waals surface area contributed by atoms with Crippen LogP contribution in [0, 0.1) is 0 Å². The monoisotopic (exact) mass is 304 g/mol. The molecule has 0 saturated carbocycles. The van der Waals surface area contributed by atoms with Crippen LogP contribution in [0.3, 0.4) is 0 Å².